The predicted octanol–water partition coefficient (Wildman–Crippen LogP) is 2.61. The molecule has 4 rings (SSSR count). The van der Waals surface area contributed by atoms with Crippen molar-refractivity contribution in [2.75, 3.05) is 30.8 Å². The van der Waals surface area contributed by atoms with Crippen molar-refractivity contribution in [1.29, 1.82) is 5.26 Å². The smallest absolute Gasteiger partial charge is 0.258 e. The molecule has 9 heteroatoms. The molecule has 0 saturated carbocycles. The lowest BCUT2D eigenvalue weighted by Crippen LogP contribution is -2.25. The van der Waals surface area contributed by atoms with Gasteiger partial charge < -0.3 is 20.1 Å². The van der Waals surface area contributed by atoms with E-state index in [0.717, 1.165) is 16.9 Å². The van der Waals surface area contributed by atoms with E-state index in [0.29, 0.717) is 35.9 Å². The minimum Gasteiger partial charge on any atom is -0.491 e. The maximum absolute atomic E-state index is 9.70. The van der Waals surface area contributed by atoms with Crippen LogP contribution in [0.1, 0.15) is 29.8 Å². The molecule has 154 valence electrons. The minimum atomic E-state index is -0.367. The highest BCUT2D eigenvalue weighted by Gasteiger charge is 2.25. The van der Waals surface area contributed by atoms with Crippen molar-refractivity contribution < 1.29 is 9.47 Å². The van der Waals surface area contributed by atoms with Gasteiger partial charge in [0.1, 0.15) is 30.2 Å². The van der Waals surface area contributed by atoms with Crippen LogP contribution < -0.4 is 20.1 Å². The fourth-order valence-electron chi connectivity index (χ4n) is 3.48. The number of nitrogen functional groups attached to an aromatic ring is 1. The van der Waals surface area contributed by atoms with Crippen LogP contribution in [0.2, 0.25) is 0 Å². The third kappa shape index (κ3) is 3.37. The lowest BCUT2D eigenvalue weighted by Gasteiger charge is -2.20. The van der Waals surface area contributed by atoms with Gasteiger partial charge in [-0.3, -0.25) is 4.68 Å². The standard InChI is InChI=1S/C21H23N7O2/c1-12-5-6-17-14(9-12)13(2)30-21-19(23)24-11-15(25-21)18-16(10-22)28(4)26-20(18)27(3)7-8-29-17/h5-6,9,11,13H,7-8H2,1-4H3,(H2,23,24)/t13-/m1/s1. The second kappa shape index (κ2) is 7.55. The molecular formula is C21H23N7O2. The largest absolute Gasteiger partial charge is 0.491 e. The molecule has 0 amide bonds. The molecule has 2 N–H and O–H groups in total. The van der Waals surface area contributed by atoms with Crippen LogP contribution in [0.25, 0.3) is 11.3 Å². The Bertz CT molecular complexity index is 1150. The SMILES string of the molecule is Cc1ccc2c(c1)[C@@H](C)Oc1nc(cnc1N)-c1c(nn(C)c1C#N)N(C)CCO2. The van der Waals surface area contributed by atoms with Gasteiger partial charge in [-0.05, 0) is 26.0 Å². The number of ether oxygens (including phenoxy) is 2. The highest BCUT2D eigenvalue weighted by Crippen LogP contribution is 2.36. The van der Waals surface area contributed by atoms with Crippen LogP contribution in [-0.4, -0.2) is 39.9 Å². The molecule has 1 aromatic carbocycles. The second-order valence-corrected chi connectivity index (χ2v) is 7.30. The molecule has 0 unspecified atom stereocenters. The van der Waals surface area contributed by atoms with Crippen LogP contribution in [0.3, 0.4) is 0 Å². The summed E-state index contributed by atoms with van der Waals surface area (Å²) in [4.78, 5) is 10.8. The number of likely N-dealkylation sites (N-methyl/N-ethyl adjacent to an activating group) is 1. The number of nitrogens with zero attached hydrogens (tertiary/aromatic N) is 6. The molecule has 3 aromatic rings. The monoisotopic (exact) mass is 405 g/mol. The highest BCUT2D eigenvalue weighted by atomic mass is 16.5. The number of rotatable bonds is 0. The van der Waals surface area contributed by atoms with Crippen LogP contribution in [-0.2, 0) is 7.05 Å². The number of benzene rings is 1. The van der Waals surface area contributed by atoms with Crippen LogP contribution >= 0.6 is 0 Å². The number of hydrogen-bond donors (Lipinski definition) is 1. The number of fused-ring (bicyclic) bond motifs is 5. The molecular weight excluding hydrogens is 382 g/mol. The third-order valence-corrected chi connectivity index (χ3v) is 5.10. The van der Waals surface area contributed by atoms with Crippen LogP contribution in [0.4, 0.5) is 11.6 Å². The number of nitrogens with two attached hydrogens (primary N) is 1. The second-order valence-electron chi connectivity index (χ2n) is 7.30. The summed E-state index contributed by atoms with van der Waals surface area (Å²) in [5.74, 6) is 1.72. The van der Waals surface area contributed by atoms with Crippen molar-refractivity contribution in [2.24, 2.45) is 7.05 Å². The van der Waals surface area contributed by atoms with E-state index in [4.69, 9.17) is 15.2 Å². The van der Waals surface area contributed by atoms with Gasteiger partial charge in [-0.25, -0.2) is 9.97 Å². The zero-order valence-corrected chi connectivity index (χ0v) is 17.4. The number of aromatic nitrogens is 4. The number of anilines is 2. The van der Waals surface area contributed by atoms with E-state index >= 15 is 0 Å². The van der Waals surface area contributed by atoms with E-state index in [1.54, 1.807) is 7.05 Å². The summed E-state index contributed by atoms with van der Waals surface area (Å²) in [6.07, 6.45) is 1.17. The van der Waals surface area contributed by atoms with Crippen molar-refractivity contribution >= 4 is 11.6 Å². The Balaban J connectivity index is 1.90. The van der Waals surface area contributed by atoms with Gasteiger partial charge >= 0.3 is 0 Å². The molecule has 9 nitrogen and oxygen atoms in total. The van der Waals surface area contributed by atoms with Gasteiger partial charge in [0.15, 0.2) is 11.6 Å². The highest BCUT2D eigenvalue weighted by molar-refractivity contribution is 5.78. The molecule has 2 aromatic heterocycles. The first-order valence-corrected chi connectivity index (χ1v) is 9.60. The van der Waals surface area contributed by atoms with E-state index in [2.05, 4.69) is 21.1 Å². The first-order chi connectivity index (χ1) is 14.4. The van der Waals surface area contributed by atoms with Gasteiger partial charge in [-0.1, -0.05) is 11.6 Å². The fraction of sp³-hybridized carbons (Fsp3) is 0.333. The molecule has 0 spiro atoms. The number of aryl methyl sites for hydroxylation is 2. The van der Waals surface area contributed by atoms with Crippen molar-refractivity contribution in [1.82, 2.24) is 19.7 Å². The van der Waals surface area contributed by atoms with Crippen LogP contribution in [0, 0.1) is 18.3 Å². The van der Waals surface area contributed by atoms with E-state index < -0.39 is 0 Å². The summed E-state index contributed by atoms with van der Waals surface area (Å²) < 4.78 is 13.7. The Hall–Kier alpha value is -3.80. The number of hydrogen-bond acceptors (Lipinski definition) is 8. The summed E-state index contributed by atoms with van der Waals surface area (Å²) in [5.41, 5.74) is 9.49. The summed E-state index contributed by atoms with van der Waals surface area (Å²) in [6.45, 7) is 4.93. The average molecular weight is 405 g/mol. The van der Waals surface area contributed by atoms with Crippen molar-refractivity contribution in [2.45, 2.75) is 20.0 Å². The van der Waals surface area contributed by atoms with E-state index in [1.807, 2.05) is 44.0 Å². The Kier molecular flexibility index (Phi) is 4.91. The van der Waals surface area contributed by atoms with Crippen molar-refractivity contribution in [3.8, 4) is 29.0 Å². The maximum Gasteiger partial charge on any atom is 0.258 e. The van der Waals surface area contributed by atoms with Gasteiger partial charge in [0.05, 0.1) is 24.0 Å². The molecule has 3 heterocycles. The zero-order chi connectivity index (χ0) is 21.4. The topological polar surface area (TPSA) is 115 Å². The van der Waals surface area contributed by atoms with Crippen molar-refractivity contribution in [3.63, 3.8) is 0 Å². The molecule has 1 aliphatic heterocycles. The first kappa shape index (κ1) is 19.5. The lowest BCUT2D eigenvalue weighted by molar-refractivity contribution is 0.210. The molecule has 0 aliphatic carbocycles. The minimum absolute atomic E-state index is 0.174. The molecule has 0 fully saturated rings. The van der Waals surface area contributed by atoms with Gasteiger partial charge in [0.25, 0.3) is 5.88 Å². The Morgan fingerprint density at radius 2 is 2.10 bits per heavy atom. The van der Waals surface area contributed by atoms with Crippen molar-refractivity contribution in [3.05, 3.63) is 41.2 Å². The zero-order valence-electron chi connectivity index (χ0n) is 17.4. The van der Waals surface area contributed by atoms with E-state index in [-0.39, 0.29) is 17.8 Å². The molecule has 1 aliphatic rings. The Morgan fingerprint density at radius 1 is 1.30 bits per heavy atom. The predicted molar refractivity (Wildman–Crippen MR) is 112 cm³/mol. The summed E-state index contributed by atoms with van der Waals surface area (Å²) >= 11 is 0. The van der Waals surface area contributed by atoms with Crippen LogP contribution in [0.15, 0.2) is 24.4 Å². The van der Waals surface area contributed by atoms with Gasteiger partial charge in [-0.15, -0.1) is 0 Å². The summed E-state index contributed by atoms with van der Waals surface area (Å²) in [6, 6.07) is 8.17. The third-order valence-electron chi connectivity index (χ3n) is 5.10. The molecule has 0 radical (unpaired) electrons. The Morgan fingerprint density at radius 3 is 2.87 bits per heavy atom. The van der Waals surface area contributed by atoms with Gasteiger partial charge in [0.2, 0.25) is 0 Å². The summed E-state index contributed by atoms with van der Waals surface area (Å²) in [5, 5.41) is 14.2. The first-order valence-electron chi connectivity index (χ1n) is 9.60. The lowest BCUT2D eigenvalue weighted by atomic mass is 10.1. The molecule has 2 bridgehead atoms. The fourth-order valence-corrected chi connectivity index (χ4v) is 3.48. The maximum atomic E-state index is 9.70. The van der Waals surface area contributed by atoms with E-state index in [9.17, 15) is 5.26 Å². The van der Waals surface area contributed by atoms with E-state index in [1.165, 1.54) is 10.9 Å². The number of nitriles is 1. The van der Waals surface area contributed by atoms with Crippen LogP contribution in [0.5, 0.6) is 11.6 Å². The van der Waals surface area contributed by atoms with Gasteiger partial charge in [-0.2, -0.15) is 10.4 Å². The normalized spacial score (nSPS) is 16.0. The Labute approximate surface area is 174 Å². The molecule has 0 saturated heterocycles. The molecule has 1 atom stereocenters. The molecule has 30 heavy (non-hydrogen) atoms. The average Bonchev–Trinajstić information content (AvgIpc) is 3.06. The van der Waals surface area contributed by atoms with Gasteiger partial charge in [0, 0.05) is 19.7 Å². The quantitative estimate of drug-likeness (QED) is 0.607. The summed E-state index contributed by atoms with van der Waals surface area (Å²) in [7, 11) is 3.62.